The van der Waals surface area contributed by atoms with Crippen LogP contribution in [0.15, 0.2) is 42.2 Å². The van der Waals surface area contributed by atoms with Gasteiger partial charge in [0.2, 0.25) is 5.91 Å². The van der Waals surface area contributed by atoms with Crippen molar-refractivity contribution in [1.82, 2.24) is 10.6 Å². The minimum absolute atomic E-state index is 0.0424. The number of ketones is 1. The Bertz CT molecular complexity index is 601. The SMILES string of the molecule is CC[C@H](NC1=CC(=O)C2(CCCC2)C(=O)N1)c1ccccc1. The fourth-order valence-corrected chi connectivity index (χ4v) is 3.48. The highest BCUT2D eigenvalue weighted by atomic mass is 16.2. The maximum absolute atomic E-state index is 12.5. The van der Waals surface area contributed by atoms with Gasteiger partial charge in [-0.1, -0.05) is 50.1 Å². The molecule has 1 fully saturated rings. The predicted octanol–water partition coefficient (Wildman–Crippen LogP) is 2.83. The van der Waals surface area contributed by atoms with Gasteiger partial charge in [0.1, 0.15) is 11.2 Å². The Balaban J connectivity index is 1.78. The molecule has 0 unspecified atom stereocenters. The topological polar surface area (TPSA) is 58.2 Å². The fourth-order valence-electron chi connectivity index (χ4n) is 3.48. The van der Waals surface area contributed by atoms with E-state index >= 15 is 0 Å². The highest BCUT2D eigenvalue weighted by Gasteiger charge is 2.49. The molecule has 1 saturated carbocycles. The summed E-state index contributed by atoms with van der Waals surface area (Å²) < 4.78 is 0. The molecule has 1 amide bonds. The van der Waals surface area contributed by atoms with Gasteiger partial charge in [-0.25, -0.2) is 0 Å². The van der Waals surface area contributed by atoms with Crippen LogP contribution in [0.4, 0.5) is 0 Å². The average molecular weight is 298 g/mol. The number of carbonyl (C=O) groups excluding carboxylic acids is 2. The number of rotatable bonds is 4. The monoisotopic (exact) mass is 298 g/mol. The molecule has 0 bridgehead atoms. The van der Waals surface area contributed by atoms with Crippen molar-refractivity contribution >= 4 is 11.7 Å². The molecule has 1 heterocycles. The summed E-state index contributed by atoms with van der Waals surface area (Å²) in [7, 11) is 0. The molecule has 1 atom stereocenters. The highest BCUT2D eigenvalue weighted by Crippen LogP contribution is 2.41. The Morgan fingerprint density at radius 1 is 1.18 bits per heavy atom. The summed E-state index contributed by atoms with van der Waals surface area (Å²) in [6, 6.07) is 10.1. The Morgan fingerprint density at radius 2 is 1.86 bits per heavy atom. The fraction of sp³-hybridized carbons (Fsp3) is 0.444. The normalized spacial score (nSPS) is 21.4. The van der Waals surface area contributed by atoms with Crippen molar-refractivity contribution in [2.24, 2.45) is 5.41 Å². The molecule has 1 spiro atoms. The van der Waals surface area contributed by atoms with Crippen molar-refractivity contribution in [2.45, 2.75) is 45.1 Å². The minimum Gasteiger partial charge on any atom is -0.365 e. The summed E-state index contributed by atoms with van der Waals surface area (Å²) in [4.78, 5) is 24.9. The van der Waals surface area contributed by atoms with Crippen molar-refractivity contribution in [2.75, 3.05) is 0 Å². The zero-order valence-corrected chi connectivity index (χ0v) is 12.9. The average Bonchev–Trinajstić information content (AvgIpc) is 3.02. The van der Waals surface area contributed by atoms with Gasteiger partial charge in [-0.15, -0.1) is 0 Å². The van der Waals surface area contributed by atoms with Crippen LogP contribution in [0.25, 0.3) is 0 Å². The van der Waals surface area contributed by atoms with Gasteiger partial charge in [0.05, 0.1) is 6.04 Å². The summed E-state index contributed by atoms with van der Waals surface area (Å²) in [6.07, 6.45) is 5.72. The van der Waals surface area contributed by atoms with Crippen molar-refractivity contribution in [1.29, 1.82) is 0 Å². The lowest BCUT2D eigenvalue weighted by Gasteiger charge is -2.31. The third kappa shape index (κ3) is 2.54. The Hall–Kier alpha value is -2.10. The number of carbonyl (C=O) groups is 2. The lowest BCUT2D eigenvalue weighted by Crippen LogP contribution is -2.50. The third-order valence-electron chi connectivity index (χ3n) is 4.83. The highest BCUT2D eigenvalue weighted by molar-refractivity contribution is 6.14. The molecule has 0 saturated heterocycles. The molecule has 0 aromatic heterocycles. The molecule has 3 rings (SSSR count). The molecule has 2 N–H and O–H groups in total. The van der Waals surface area contributed by atoms with Crippen molar-refractivity contribution in [3.8, 4) is 0 Å². The van der Waals surface area contributed by atoms with Crippen LogP contribution >= 0.6 is 0 Å². The number of benzene rings is 1. The van der Waals surface area contributed by atoms with Gasteiger partial charge in [-0.2, -0.15) is 0 Å². The van der Waals surface area contributed by atoms with E-state index in [9.17, 15) is 9.59 Å². The van der Waals surface area contributed by atoms with Gasteiger partial charge in [-0.3, -0.25) is 9.59 Å². The maximum Gasteiger partial charge on any atom is 0.239 e. The van der Waals surface area contributed by atoms with Gasteiger partial charge in [0.15, 0.2) is 5.78 Å². The first-order valence-electron chi connectivity index (χ1n) is 8.05. The van der Waals surface area contributed by atoms with Gasteiger partial charge < -0.3 is 10.6 Å². The molecule has 4 nitrogen and oxygen atoms in total. The second-order valence-corrected chi connectivity index (χ2v) is 6.18. The van der Waals surface area contributed by atoms with E-state index in [0.717, 1.165) is 24.8 Å². The van der Waals surface area contributed by atoms with E-state index in [4.69, 9.17) is 0 Å². The molecule has 0 radical (unpaired) electrons. The van der Waals surface area contributed by atoms with E-state index in [-0.39, 0.29) is 17.7 Å². The van der Waals surface area contributed by atoms with Crippen LogP contribution in [0.1, 0.15) is 50.6 Å². The van der Waals surface area contributed by atoms with E-state index in [1.807, 2.05) is 30.3 Å². The minimum atomic E-state index is -0.792. The van der Waals surface area contributed by atoms with Crippen LogP contribution in [-0.4, -0.2) is 11.7 Å². The Kier molecular flexibility index (Phi) is 4.01. The quantitative estimate of drug-likeness (QED) is 0.840. The van der Waals surface area contributed by atoms with Crippen LogP contribution in [0.3, 0.4) is 0 Å². The standard InChI is InChI=1S/C18H22N2O2/c1-2-14(13-8-4-3-5-9-13)19-16-12-15(21)18(17(22)20-16)10-6-7-11-18/h3-5,8-9,12,14,19H,2,6-7,10-11H2,1H3,(H,20,22)/t14-/m0/s1. The summed E-state index contributed by atoms with van der Waals surface area (Å²) in [5.74, 6) is 0.352. The molecular weight excluding hydrogens is 276 g/mol. The molecule has 116 valence electrons. The number of hydrogen-bond donors (Lipinski definition) is 2. The molecule has 1 aliphatic carbocycles. The van der Waals surface area contributed by atoms with Crippen LogP contribution in [0.2, 0.25) is 0 Å². The van der Waals surface area contributed by atoms with Crippen molar-refractivity contribution in [3.05, 3.63) is 47.8 Å². The molecule has 22 heavy (non-hydrogen) atoms. The maximum atomic E-state index is 12.5. The number of nitrogens with one attached hydrogen (secondary N) is 2. The first-order chi connectivity index (χ1) is 10.7. The largest absolute Gasteiger partial charge is 0.365 e. The first kappa shape index (κ1) is 14.8. The Labute approximate surface area is 131 Å². The van der Waals surface area contributed by atoms with Crippen LogP contribution in [-0.2, 0) is 9.59 Å². The van der Waals surface area contributed by atoms with Gasteiger partial charge in [-0.05, 0) is 24.8 Å². The molecule has 1 aromatic carbocycles. The van der Waals surface area contributed by atoms with Gasteiger partial charge >= 0.3 is 0 Å². The van der Waals surface area contributed by atoms with E-state index in [2.05, 4.69) is 17.6 Å². The van der Waals surface area contributed by atoms with Crippen molar-refractivity contribution in [3.63, 3.8) is 0 Å². The van der Waals surface area contributed by atoms with Crippen LogP contribution in [0.5, 0.6) is 0 Å². The van der Waals surface area contributed by atoms with Crippen LogP contribution in [0, 0.1) is 5.41 Å². The third-order valence-corrected chi connectivity index (χ3v) is 4.83. The Morgan fingerprint density at radius 3 is 2.45 bits per heavy atom. The van der Waals surface area contributed by atoms with Gasteiger partial charge in [0.25, 0.3) is 0 Å². The molecule has 1 aliphatic heterocycles. The second-order valence-electron chi connectivity index (χ2n) is 6.18. The molecule has 2 aliphatic rings. The first-order valence-corrected chi connectivity index (χ1v) is 8.05. The molecule has 1 aromatic rings. The predicted molar refractivity (Wildman–Crippen MR) is 84.7 cm³/mol. The van der Waals surface area contributed by atoms with Crippen LogP contribution < -0.4 is 10.6 Å². The number of hydrogen-bond acceptors (Lipinski definition) is 3. The number of amides is 1. The number of allylic oxidation sites excluding steroid dienone is 1. The summed E-state index contributed by atoms with van der Waals surface area (Å²) in [5.41, 5.74) is 0.355. The van der Waals surface area contributed by atoms with E-state index in [1.54, 1.807) is 6.08 Å². The van der Waals surface area contributed by atoms with E-state index in [1.165, 1.54) is 0 Å². The molecular formula is C18H22N2O2. The zero-order valence-electron chi connectivity index (χ0n) is 12.9. The van der Waals surface area contributed by atoms with E-state index < -0.39 is 5.41 Å². The van der Waals surface area contributed by atoms with Gasteiger partial charge in [0, 0.05) is 6.08 Å². The lowest BCUT2D eigenvalue weighted by atomic mass is 9.79. The summed E-state index contributed by atoms with van der Waals surface area (Å²) >= 11 is 0. The second kappa shape index (κ2) is 5.95. The smallest absolute Gasteiger partial charge is 0.239 e. The van der Waals surface area contributed by atoms with Crippen molar-refractivity contribution < 1.29 is 9.59 Å². The molecule has 4 heteroatoms. The lowest BCUT2D eigenvalue weighted by molar-refractivity contribution is -0.140. The summed E-state index contributed by atoms with van der Waals surface area (Å²) in [6.45, 7) is 2.08. The summed E-state index contributed by atoms with van der Waals surface area (Å²) in [5, 5.41) is 6.20. The zero-order chi connectivity index (χ0) is 15.6. The van der Waals surface area contributed by atoms with E-state index in [0.29, 0.717) is 18.7 Å².